The van der Waals surface area contributed by atoms with Gasteiger partial charge in [0.2, 0.25) is 0 Å². The molecule has 0 heterocycles. The summed E-state index contributed by atoms with van der Waals surface area (Å²) < 4.78 is 0. The summed E-state index contributed by atoms with van der Waals surface area (Å²) in [7, 11) is 0. The van der Waals surface area contributed by atoms with Crippen molar-refractivity contribution in [2.75, 3.05) is 6.54 Å². The van der Waals surface area contributed by atoms with Gasteiger partial charge in [0.05, 0.1) is 6.42 Å². The van der Waals surface area contributed by atoms with Crippen LogP contribution in [0.5, 0.6) is 0 Å². The van der Waals surface area contributed by atoms with E-state index in [9.17, 15) is 9.59 Å². The minimum absolute atomic E-state index is 0.0248. The number of hydrogen-bond acceptors (Lipinski definition) is 2. The van der Waals surface area contributed by atoms with E-state index in [4.69, 9.17) is 5.11 Å². The van der Waals surface area contributed by atoms with Gasteiger partial charge in [0, 0.05) is 12.6 Å². The second kappa shape index (κ2) is 5.16. The fourth-order valence-corrected chi connectivity index (χ4v) is 2.34. The molecule has 0 radical (unpaired) electrons. The van der Waals surface area contributed by atoms with Crippen LogP contribution in [0.15, 0.2) is 0 Å². The summed E-state index contributed by atoms with van der Waals surface area (Å²) in [6, 6.07) is -0.424. The van der Waals surface area contributed by atoms with Crippen LogP contribution in [0.3, 0.4) is 0 Å². The molecule has 0 aromatic rings. The molecular weight excluding hydrogens is 232 g/mol. The molecule has 3 N–H and O–H groups in total. The first-order valence-corrected chi connectivity index (χ1v) is 6.81. The largest absolute Gasteiger partial charge is 0.481 e. The Morgan fingerprint density at radius 1 is 1.39 bits per heavy atom. The van der Waals surface area contributed by atoms with Gasteiger partial charge in [-0.2, -0.15) is 0 Å². The fraction of sp³-hybridized carbons (Fsp3) is 0.846. The second-order valence-electron chi connectivity index (χ2n) is 5.72. The number of urea groups is 1. The van der Waals surface area contributed by atoms with Gasteiger partial charge >= 0.3 is 12.0 Å². The summed E-state index contributed by atoms with van der Waals surface area (Å²) in [5.74, 6) is -0.493. The first-order valence-electron chi connectivity index (χ1n) is 6.81. The normalized spacial score (nSPS) is 22.1. The lowest BCUT2D eigenvalue weighted by Gasteiger charge is -2.19. The van der Waals surface area contributed by atoms with E-state index >= 15 is 0 Å². The maximum atomic E-state index is 11.7. The topological polar surface area (TPSA) is 78.4 Å². The first kappa shape index (κ1) is 13.2. The Kier molecular flexibility index (Phi) is 3.78. The number of nitrogens with one attached hydrogen (secondary N) is 2. The number of carboxylic acid groups (broad SMARTS) is 1. The average molecular weight is 254 g/mol. The number of carboxylic acids is 1. The van der Waals surface area contributed by atoms with Crippen LogP contribution in [0.1, 0.15) is 45.4 Å². The highest BCUT2D eigenvalue weighted by molar-refractivity contribution is 5.76. The van der Waals surface area contributed by atoms with Gasteiger partial charge in [0.1, 0.15) is 0 Å². The lowest BCUT2D eigenvalue weighted by atomic mass is 10.0. The molecule has 5 heteroatoms. The van der Waals surface area contributed by atoms with Gasteiger partial charge in [-0.05, 0) is 43.4 Å². The highest BCUT2D eigenvalue weighted by Crippen LogP contribution is 2.47. The molecule has 2 amide bonds. The van der Waals surface area contributed by atoms with E-state index < -0.39 is 5.97 Å². The van der Waals surface area contributed by atoms with Gasteiger partial charge in [-0.3, -0.25) is 4.79 Å². The molecule has 18 heavy (non-hydrogen) atoms. The zero-order valence-corrected chi connectivity index (χ0v) is 10.9. The first-order chi connectivity index (χ1) is 8.54. The zero-order chi connectivity index (χ0) is 13.2. The monoisotopic (exact) mass is 254 g/mol. The number of amides is 2. The number of carbonyl (C=O) groups is 2. The maximum absolute atomic E-state index is 11.7. The van der Waals surface area contributed by atoms with Crippen molar-refractivity contribution in [1.29, 1.82) is 0 Å². The second-order valence-corrected chi connectivity index (χ2v) is 5.72. The Morgan fingerprint density at radius 3 is 2.50 bits per heavy atom. The summed E-state index contributed by atoms with van der Waals surface area (Å²) >= 11 is 0. The van der Waals surface area contributed by atoms with Crippen molar-refractivity contribution in [3.63, 3.8) is 0 Å². The van der Waals surface area contributed by atoms with Crippen molar-refractivity contribution in [1.82, 2.24) is 10.6 Å². The number of rotatable bonds is 7. The molecule has 2 saturated carbocycles. The lowest BCUT2D eigenvalue weighted by molar-refractivity contribution is -0.137. The van der Waals surface area contributed by atoms with Crippen LogP contribution in [0, 0.1) is 11.3 Å². The van der Waals surface area contributed by atoms with Crippen LogP contribution in [0.2, 0.25) is 0 Å². The van der Waals surface area contributed by atoms with Gasteiger partial charge < -0.3 is 15.7 Å². The standard InChI is InChI=1S/C13H22N2O3/c1-2-13(5-6-13)8-14-12(18)15-10(7-11(16)17)9-3-4-9/h9-10H,2-8H2,1H3,(H,16,17)(H2,14,15,18). The quantitative estimate of drug-likeness (QED) is 0.647. The van der Waals surface area contributed by atoms with Crippen molar-refractivity contribution < 1.29 is 14.7 Å². The predicted octanol–water partition coefficient (Wildman–Crippen LogP) is 1.73. The SMILES string of the molecule is CCC1(CNC(=O)NC(CC(=O)O)C2CC2)CC1. The molecule has 2 rings (SSSR count). The molecule has 0 saturated heterocycles. The van der Waals surface area contributed by atoms with Crippen LogP contribution < -0.4 is 10.6 Å². The third-order valence-corrected chi connectivity index (χ3v) is 4.23. The molecule has 0 aromatic carbocycles. The van der Waals surface area contributed by atoms with Crippen molar-refractivity contribution in [2.24, 2.45) is 11.3 Å². The van der Waals surface area contributed by atoms with Crippen molar-refractivity contribution in [3.8, 4) is 0 Å². The third kappa shape index (κ3) is 3.62. The van der Waals surface area contributed by atoms with Gasteiger partial charge in [0.15, 0.2) is 0 Å². The summed E-state index contributed by atoms with van der Waals surface area (Å²) in [4.78, 5) is 22.5. The van der Waals surface area contributed by atoms with Crippen LogP contribution in [-0.4, -0.2) is 29.7 Å². The van der Waals surface area contributed by atoms with Crippen LogP contribution in [0.25, 0.3) is 0 Å². The molecule has 2 aliphatic carbocycles. The Balaban J connectivity index is 1.72. The highest BCUT2D eigenvalue weighted by atomic mass is 16.4. The van der Waals surface area contributed by atoms with Crippen molar-refractivity contribution in [3.05, 3.63) is 0 Å². The number of aliphatic carboxylic acids is 1. The Labute approximate surface area is 107 Å². The van der Waals surface area contributed by atoms with Crippen molar-refractivity contribution >= 4 is 12.0 Å². The molecule has 0 bridgehead atoms. The maximum Gasteiger partial charge on any atom is 0.315 e. The summed E-state index contributed by atoms with van der Waals surface area (Å²) in [6.45, 7) is 2.85. The molecular formula is C13H22N2O3. The Morgan fingerprint density at radius 2 is 2.06 bits per heavy atom. The molecule has 1 atom stereocenters. The van der Waals surface area contributed by atoms with Crippen molar-refractivity contribution in [2.45, 2.75) is 51.5 Å². The summed E-state index contributed by atoms with van der Waals surface area (Å²) in [5, 5.41) is 14.5. The molecule has 5 nitrogen and oxygen atoms in total. The minimum atomic E-state index is -0.848. The molecule has 102 valence electrons. The van der Waals surface area contributed by atoms with Gasteiger partial charge in [-0.15, -0.1) is 0 Å². The van der Waals surface area contributed by atoms with E-state index in [1.54, 1.807) is 0 Å². The zero-order valence-electron chi connectivity index (χ0n) is 10.9. The van der Waals surface area contributed by atoms with Crippen LogP contribution in [-0.2, 0) is 4.79 Å². The smallest absolute Gasteiger partial charge is 0.315 e. The minimum Gasteiger partial charge on any atom is -0.481 e. The Hall–Kier alpha value is -1.26. The van der Waals surface area contributed by atoms with Gasteiger partial charge in [0.25, 0.3) is 0 Å². The van der Waals surface area contributed by atoms with Crippen LogP contribution in [0.4, 0.5) is 4.79 Å². The van der Waals surface area contributed by atoms with E-state index in [0.717, 1.165) is 19.3 Å². The number of hydrogen-bond donors (Lipinski definition) is 3. The molecule has 0 spiro atoms. The summed E-state index contributed by atoms with van der Waals surface area (Å²) in [6.07, 6.45) is 5.54. The van der Waals surface area contributed by atoms with Gasteiger partial charge in [-0.1, -0.05) is 6.92 Å². The molecule has 2 fully saturated rings. The van der Waals surface area contributed by atoms with E-state index in [1.807, 2.05) is 0 Å². The fourth-order valence-electron chi connectivity index (χ4n) is 2.34. The van der Waals surface area contributed by atoms with E-state index in [-0.39, 0.29) is 18.5 Å². The summed E-state index contributed by atoms with van der Waals surface area (Å²) in [5.41, 5.74) is 0.319. The third-order valence-electron chi connectivity index (χ3n) is 4.23. The van der Waals surface area contributed by atoms with E-state index in [0.29, 0.717) is 17.9 Å². The van der Waals surface area contributed by atoms with Crippen LogP contribution >= 0.6 is 0 Å². The molecule has 0 aromatic heterocycles. The lowest BCUT2D eigenvalue weighted by Crippen LogP contribution is -2.45. The predicted molar refractivity (Wildman–Crippen MR) is 67.3 cm³/mol. The van der Waals surface area contributed by atoms with E-state index in [2.05, 4.69) is 17.6 Å². The molecule has 2 aliphatic rings. The Bertz CT molecular complexity index is 335. The highest BCUT2D eigenvalue weighted by Gasteiger charge is 2.41. The van der Waals surface area contributed by atoms with Gasteiger partial charge in [-0.25, -0.2) is 4.79 Å². The molecule has 1 unspecified atom stereocenters. The van der Waals surface area contributed by atoms with E-state index in [1.165, 1.54) is 12.8 Å². The molecule has 0 aliphatic heterocycles. The average Bonchev–Trinajstić information content (AvgIpc) is 3.18. The number of carbonyl (C=O) groups excluding carboxylic acids is 1.